The molecule has 0 aliphatic carbocycles. The number of aromatic nitrogens is 1. The predicted molar refractivity (Wildman–Crippen MR) is 103 cm³/mol. The van der Waals surface area contributed by atoms with Crippen molar-refractivity contribution in [2.24, 2.45) is 0 Å². The first-order valence-corrected chi connectivity index (χ1v) is 8.86. The van der Waals surface area contributed by atoms with E-state index in [1.165, 1.54) is 18.3 Å². The van der Waals surface area contributed by atoms with Gasteiger partial charge in [-0.2, -0.15) is 0 Å². The van der Waals surface area contributed by atoms with Gasteiger partial charge in [0, 0.05) is 23.6 Å². The average molecular weight is 353 g/mol. The van der Waals surface area contributed by atoms with Crippen LogP contribution in [-0.2, 0) is 4.79 Å². The molecule has 2 N–H and O–H groups in total. The maximum atomic E-state index is 11.1. The summed E-state index contributed by atoms with van der Waals surface area (Å²) in [6.45, 7) is 4.07. The van der Waals surface area contributed by atoms with Crippen molar-refractivity contribution in [1.82, 2.24) is 4.98 Å². The fourth-order valence-corrected chi connectivity index (χ4v) is 3.09. The van der Waals surface area contributed by atoms with Crippen LogP contribution in [0.4, 0.5) is 16.5 Å². The number of thiazole rings is 1. The molecule has 0 aliphatic rings. The zero-order valence-electron chi connectivity index (χ0n) is 14.1. The first-order valence-electron chi connectivity index (χ1n) is 7.98. The molecule has 1 amide bonds. The van der Waals surface area contributed by atoms with Crippen molar-refractivity contribution in [3.8, 4) is 17.0 Å². The minimum atomic E-state index is -0.0825. The van der Waals surface area contributed by atoms with Crippen LogP contribution >= 0.6 is 11.3 Å². The third-order valence-corrected chi connectivity index (χ3v) is 4.19. The van der Waals surface area contributed by atoms with Gasteiger partial charge >= 0.3 is 0 Å². The van der Waals surface area contributed by atoms with Crippen LogP contribution in [0.3, 0.4) is 0 Å². The second kappa shape index (κ2) is 7.81. The Hall–Kier alpha value is -2.86. The number of nitrogens with one attached hydrogen (secondary N) is 2. The summed E-state index contributed by atoms with van der Waals surface area (Å²) < 4.78 is 5.63. The van der Waals surface area contributed by atoms with Crippen LogP contribution in [0.5, 0.6) is 5.75 Å². The molecule has 2 aromatic carbocycles. The number of carbonyl (C=O) groups is 1. The van der Waals surface area contributed by atoms with E-state index in [1.807, 2.05) is 60.8 Å². The zero-order chi connectivity index (χ0) is 17.6. The molecule has 1 aromatic heterocycles. The maximum Gasteiger partial charge on any atom is 0.221 e. The topological polar surface area (TPSA) is 63.2 Å². The van der Waals surface area contributed by atoms with E-state index < -0.39 is 0 Å². The first kappa shape index (κ1) is 17.0. The van der Waals surface area contributed by atoms with Gasteiger partial charge in [0.25, 0.3) is 0 Å². The standard InChI is InChI=1S/C19H19N3O2S/c1-3-24-18-7-5-4-6-16(18)21-19-22-17(12-25-19)14-8-10-15(11-9-14)20-13(2)23/h4-12H,3H2,1-2H3,(H,20,23)(H,21,22). The van der Waals surface area contributed by atoms with Crippen LogP contribution in [0.2, 0.25) is 0 Å². The molecule has 6 heteroatoms. The summed E-state index contributed by atoms with van der Waals surface area (Å²) in [6.07, 6.45) is 0. The number of nitrogens with zero attached hydrogens (tertiary/aromatic N) is 1. The minimum absolute atomic E-state index is 0.0825. The molecule has 0 saturated heterocycles. The Labute approximate surface area is 150 Å². The van der Waals surface area contributed by atoms with Gasteiger partial charge in [-0.25, -0.2) is 4.98 Å². The summed E-state index contributed by atoms with van der Waals surface area (Å²) in [6, 6.07) is 15.4. The molecule has 3 rings (SSSR count). The lowest BCUT2D eigenvalue weighted by molar-refractivity contribution is -0.114. The van der Waals surface area contributed by atoms with Crippen molar-refractivity contribution in [2.45, 2.75) is 13.8 Å². The van der Waals surface area contributed by atoms with Crippen molar-refractivity contribution in [3.05, 3.63) is 53.9 Å². The van der Waals surface area contributed by atoms with Crippen LogP contribution < -0.4 is 15.4 Å². The highest BCUT2D eigenvalue weighted by Crippen LogP contribution is 2.31. The van der Waals surface area contributed by atoms with Crippen molar-refractivity contribution < 1.29 is 9.53 Å². The van der Waals surface area contributed by atoms with E-state index in [4.69, 9.17) is 4.74 Å². The molecule has 0 fully saturated rings. The summed E-state index contributed by atoms with van der Waals surface area (Å²) in [5.41, 5.74) is 3.55. The van der Waals surface area contributed by atoms with E-state index in [0.29, 0.717) is 6.61 Å². The Balaban J connectivity index is 1.75. The third-order valence-electron chi connectivity index (χ3n) is 3.43. The maximum absolute atomic E-state index is 11.1. The van der Waals surface area contributed by atoms with Gasteiger partial charge in [-0.15, -0.1) is 11.3 Å². The smallest absolute Gasteiger partial charge is 0.221 e. The molecule has 0 unspecified atom stereocenters. The Morgan fingerprint density at radius 2 is 1.92 bits per heavy atom. The summed E-state index contributed by atoms with van der Waals surface area (Å²) in [5.74, 6) is 0.724. The van der Waals surface area contributed by atoms with Crippen molar-refractivity contribution >= 4 is 33.8 Å². The summed E-state index contributed by atoms with van der Waals surface area (Å²) >= 11 is 1.53. The monoisotopic (exact) mass is 353 g/mol. The van der Waals surface area contributed by atoms with Gasteiger partial charge in [0.1, 0.15) is 5.75 Å². The lowest BCUT2D eigenvalue weighted by Crippen LogP contribution is -2.05. The van der Waals surface area contributed by atoms with E-state index in [2.05, 4.69) is 15.6 Å². The van der Waals surface area contributed by atoms with Gasteiger partial charge in [0.05, 0.1) is 18.0 Å². The predicted octanol–water partition coefficient (Wildman–Crippen LogP) is 4.91. The summed E-state index contributed by atoms with van der Waals surface area (Å²) in [4.78, 5) is 15.7. The van der Waals surface area contributed by atoms with E-state index in [1.54, 1.807) is 0 Å². The first-order chi connectivity index (χ1) is 12.2. The molecular weight excluding hydrogens is 334 g/mol. The highest BCUT2D eigenvalue weighted by Gasteiger charge is 2.08. The molecule has 1 heterocycles. The molecule has 0 radical (unpaired) electrons. The van der Waals surface area contributed by atoms with Crippen LogP contribution in [0.1, 0.15) is 13.8 Å². The van der Waals surface area contributed by atoms with Gasteiger partial charge in [0.15, 0.2) is 5.13 Å². The molecule has 128 valence electrons. The number of benzene rings is 2. The number of para-hydroxylation sites is 2. The normalized spacial score (nSPS) is 10.3. The van der Waals surface area contributed by atoms with Gasteiger partial charge in [0.2, 0.25) is 5.91 Å². The zero-order valence-corrected chi connectivity index (χ0v) is 14.9. The van der Waals surface area contributed by atoms with E-state index in [9.17, 15) is 4.79 Å². The summed E-state index contributed by atoms with van der Waals surface area (Å²) in [7, 11) is 0. The molecule has 3 aromatic rings. The number of carbonyl (C=O) groups excluding carboxylic acids is 1. The Morgan fingerprint density at radius 3 is 2.64 bits per heavy atom. The third kappa shape index (κ3) is 4.36. The van der Waals surface area contributed by atoms with Crippen LogP contribution in [0.15, 0.2) is 53.9 Å². The van der Waals surface area contributed by atoms with Crippen molar-refractivity contribution in [1.29, 1.82) is 0 Å². The van der Waals surface area contributed by atoms with Crippen LogP contribution in [-0.4, -0.2) is 17.5 Å². The highest BCUT2D eigenvalue weighted by atomic mass is 32.1. The van der Waals surface area contributed by atoms with Crippen molar-refractivity contribution in [3.63, 3.8) is 0 Å². The lowest BCUT2D eigenvalue weighted by atomic mass is 10.1. The molecule has 0 bridgehead atoms. The van der Waals surface area contributed by atoms with E-state index in [0.717, 1.165) is 33.5 Å². The molecule has 25 heavy (non-hydrogen) atoms. The average Bonchev–Trinajstić information content (AvgIpc) is 3.06. The number of hydrogen-bond donors (Lipinski definition) is 2. The molecule has 0 atom stereocenters. The fraction of sp³-hybridized carbons (Fsp3) is 0.158. The number of amides is 1. The largest absolute Gasteiger partial charge is 0.492 e. The number of rotatable bonds is 6. The Morgan fingerprint density at radius 1 is 1.16 bits per heavy atom. The SMILES string of the molecule is CCOc1ccccc1Nc1nc(-c2ccc(NC(C)=O)cc2)cs1. The fourth-order valence-electron chi connectivity index (χ4n) is 2.36. The van der Waals surface area contributed by atoms with Crippen LogP contribution in [0.25, 0.3) is 11.3 Å². The molecule has 5 nitrogen and oxygen atoms in total. The second-order valence-corrected chi connectivity index (χ2v) is 6.21. The number of ether oxygens (including phenoxy) is 1. The highest BCUT2D eigenvalue weighted by molar-refractivity contribution is 7.14. The van der Waals surface area contributed by atoms with E-state index >= 15 is 0 Å². The lowest BCUT2D eigenvalue weighted by Gasteiger charge is -2.09. The van der Waals surface area contributed by atoms with Crippen LogP contribution in [0, 0.1) is 0 Å². The minimum Gasteiger partial charge on any atom is -0.492 e. The molecule has 0 aliphatic heterocycles. The number of anilines is 3. The quantitative estimate of drug-likeness (QED) is 0.661. The van der Waals surface area contributed by atoms with E-state index in [-0.39, 0.29) is 5.91 Å². The van der Waals surface area contributed by atoms with Crippen molar-refractivity contribution in [2.75, 3.05) is 17.2 Å². The molecular formula is C19H19N3O2S. The second-order valence-electron chi connectivity index (χ2n) is 5.35. The van der Waals surface area contributed by atoms with Gasteiger partial charge in [-0.1, -0.05) is 24.3 Å². The molecule has 0 saturated carbocycles. The Bertz CT molecular complexity index is 859. The van der Waals surface area contributed by atoms with Gasteiger partial charge in [-0.05, 0) is 31.2 Å². The van der Waals surface area contributed by atoms with Gasteiger partial charge < -0.3 is 15.4 Å². The summed E-state index contributed by atoms with van der Waals surface area (Å²) in [5, 5.41) is 8.87. The Kier molecular flexibility index (Phi) is 5.30. The van der Waals surface area contributed by atoms with Gasteiger partial charge in [-0.3, -0.25) is 4.79 Å². The molecule has 0 spiro atoms. The number of hydrogen-bond acceptors (Lipinski definition) is 5.